The van der Waals surface area contributed by atoms with Gasteiger partial charge in [-0.3, -0.25) is 31.9 Å². The summed E-state index contributed by atoms with van der Waals surface area (Å²) in [6.07, 6.45) is -45.8. The first-order chi connectivity index (χ1) is 34.6. The van der Waals surface area contributed by atoms with Crippen LogP contribution in [-0.2, 0) is 149 Å². The molecule has 4 fully saturated rings. The quantitative estimate of drug-likeness (QED) is 0.0324. The number of rotatable bonds is 28. The highest BCUT2D eigenvalue weighted by Crippen LogP contribution is 2.44. The Labute approximate surface area is 431 Å². The minimum atomic E-state index is -6.47. The molecule has 4 heterocycles. The average molecular weight is 1310 g/mol. The van der Waals surface area contributed by atoms with Crippen molar-refractivity contribution in [2.24, 2.45) is 0 Å². The Kier molecular flexibility index (Phi) is 21.8. The van der Waals surface area contributed by atoms with Crippen LogP contribution in [0.3, 0.4) is 0 Å². The molecule has 0 radical (unpaired) electrons. The van der Waals surface area contributed by atoms with Gasteiger partial charge in [-0.05, 0) is 0 Å². The van der Waals surface area contributed by atoms with Gasteiger partial charge in [0.05, 0.1) is 26.4 Å². The second-order valence-electron chi connectivity index (χ2n) is 15.3. The molecule has 0 aliphatic carbocycles. The molecule has 53 heteroatoms. The van der Waals surface area contributed by atoms with Crippen LogP contribution in [-0.4, -0.2) is 284 Å². The van der Waals surface area contributed by atoms with E-state index in [0.717, 1.165) is 0 Å². The zero-order valence-electron chi connectivity index (χ0n) is 36.7. The number of hydrogen-bond donors (Lipinski definition) is 14. The maximum absolute atomic E-state index is 13.7. The van der Waals surface area contributed by atoms with Crippen molar-refractivity contribution in [2.75, 3.05) is 39.6 Å². The van der Waals surface area contributed by atoms with Crippen LogP contribution in [0.5, 0.6) is 0 Å². The van der Waals surface area contributed by atoms with E-state index in [1.54, 1.807) is 0 Å². The molecule has 0 aromatic carbocycles. The highest BCUT2D eigenvalue weighted by Gasteiger charge is 2.66. The molecule has 0 unspecified atom stereocenters. The lowest BCUT2D eigenvalue weighted by atomic mass is 9.99. The van der Waals surface area contributed by atoms with Crippen LogP contribution in [0.25, 0.3) is 0 Å². The van der Waals surface area contributed by atoms with Gasteiger partial charge in [0.2, 0.25) is 11.6 Å². The molecule has 0 amide bonds. The largest absolute Gasteiger partial charge is 0.400 e. The SMILES string of the molecule is O=S(=O)(O)OC[C@H]1O[C@@](COS(=O)(=O)OC[C@@]2(O[C@H]3O[C@H](CO)[C@@H](O)[C@H](O)[C@H]3O)O[C@H](CO)[C@@H](O)[C@@H]2O)(O[C@H]2O[C@H](COS(=O)(=O)O)[C@@H](OS(=O)(=O)O)[C@H](OS(=O)(=O)O)[C@H]2OS(=O)(=O)O)[C@@H](OS(=O)(=O)O)[C@@H]1OS(=O)(=O)O. The first-order valence-electron chi connectivity index (χ1n) is 19.3. The molecule has 45 nitrogen and oxygen atoms in total. The number of aliphatic hydroxyl groups excluding tert-OH is 7. The van der Waals surface area contributed by atoms with Crippen LogP contribution in [0.15, 0.2) is 0 Å². The zero-order valence-corrected chi connectivity index (χ0v) is 43.2. The molecule has 4 aliphatic rings. The van der Waals surface area contributed by atoms with Crippen LogP contribution in [0.2, 0.25) is 0 Å². The molecule has 4 aliphatic heterocycles. The van der Waals surface area contributed by atoms with Crippen LogP contribution in [0.1, 0.15) is 0 Å². The standard InChI is InChI=1S/C24H42O45S8/c25-1-7-11(27)13(29)14(30)21(59-7)63-23(19(31)12(28)8(2-26)61-23)5-57-77(53,54)58-6-24(20(69-76(50,51)52)16(66-73(41,42)43)10(62-24)4-56-71(35,36)37)64-22-18(68-75(47,48)49)17(67-74(44,45)46)15(65-72(38,39)40)9(60-22)3-55-70(32,33)34/h7-22,25-31H,1-6H2,(H,32,33,34)(H,35,36,37)(H,38,39,40)(H,41,42,43)(H,44,45,46)(H,47,48,49)(H,50,51,52)/t7-,8-,9-,10-,11-,12-,13+,14-,15-,16-,17+,18-,19+,20+,21-,22-,23+,24+/m1/s1. The lowest BCUT2D eigenvalue weighted by Crippen LogP contribution is -2.65. The van der Waals surface area contributed by atoms with E-state index < -0.39 is 232 Å². The van der Waals surface area contributed by atoms with E-state index in [-0.39, 0.29) is 0 Å². The summed E-state index contributed by atoms with van der Waals surface area (Å²) >= 11 is 0. The smallest absolute Gasteiger partial charge is 0.394 e. The molecule has 456 valence electrons. The molecule has 77 heavy (non-hydrogen) atoms. The number of aliphatic hydroxyl groups is 7. The molecule has 0 aromatic heterocycles. The molecule has 14 N–H and O–H groups in total. The third-order valence-corrected chi connectivity index (χ3v) is 13.9. The van der Waals surface area contributed by atoms with Crippen molar-refractivity contribution in [1.82, 2.24) is 0 Å². The molecule has 0 saturated carbocycles. The van der Waals surface area contributed by atoms with Crippen molar-refractivity contribution < 1.29 is 201 Å². The van der Waals surface area contributed by atoms with Gasteiger partial charge < -0.3 is 64.2 Å². The van der Waals surface area contributed by atoms with Crippen LogP contribution in [0.4, 0.5) is 0 Å². The van der Waals surface area contributed by atoms with Gasteiger partial charge >= 0.3 is 83.2 Å². The molecule has 0 bridgehead atoms. The van der Waals surface area contributed by atoms with E-state index in [2.05, 4.69) is 37.6 Å². The van der Waals surface area contributed by atoms with Crippen molar-refractivity contribution in [3.8, 4) is 0 Å². The Balaban J connectivity index is 1.98. The molecule has 4 saturated heterocycles. The summed E-state index contributed by atoms with van der Waals surface area (Å²) in [4.78, 5) is 0. The fraction of sp³-hybridized carbons (Fsp3) is 1.00. The zero-order chi connectivity index (χ0) is 59.1. The number of hydrogen-bond acceptors (Lipinski definition) is 38. The van der Waals surface area contributed by atoms with Crippen molar-refractivity contribution in [1.29, 1.82) is 0 Å². The van der Waals surface area contributed by atoms with Crippen LogP contribution < -0.4 is 0 Å². The summed E-state index contributed by atoms with van der Waals surface area (Å²) in [6, 6.07) is 0. The summed E-state index contributed by atoms with van der Waals surface area (Å²) in [7, 11) is -49.9. The summed E-state index contributed by atoms with van der Waals surface area (Å²) in [5, 5.41) is 71.9. The highest BCUT2D eigenvalue weighted by molar-refractivity contribution is 7.82. The molecule has 4 rings (SSSR count). The van der Waals surface area contributed by atoms with E-state index in [9.17, 15) is 135 Å². The minimum absolute atomic E-state index is 1.17. The third-order valence-electron chi connectivity index (χ3n) is 9.93. The van der Waals surface area contributed by atoms with Crippen molar-refractivity contribution in [3.05, 3.63) is 0 Å². The van der Waals surface area contributed by atoms with Crippen LogP contribution >= 0.6 is 0 Å². The van der Waals surface area contributed by atoms with Gasteiger partial charge in [-0.25, -0.2) is 37.6 Å². The second-order valence-corrected chi connectivity index (χ2v) is 24.0. The predicted octanol–water partition coefficient (Wildman–Crippen LogP) is -11.7. The first-order valence-corrected chi connectivity index (χ1v) is 30.2. The van der Waals surface area contributed by atoms with Gasteiger partial charge in [-0.1, -0.05) is 0 Å². The normalized spacial score (nSPS) is 37.3. The fourth-order valence-corrected chi connectivity index (χ4v) is 10.9. The Bertz CT molecular complexity index is 2970. The minimum Gasteiger partial charge on any atom is -0.394 e. The van der Waals surface area contributed by atoms with Crippen LogP contribution in [0, 0.1) is 0 Å². The van der Waals surface area contributed by atoms with Gasteiger partial charge in [-0.2, -0.15) is 67.3 Å². The topological polar surface area (TPSA) is 695 Å². The lowest BCUT2D eigenvalue weighted by molar-refractivity contribution is -0.382. The first kappa shape index (κ1) is 67.9. The fourth-order valence-electron chi connectivity index (χ4n) is 7.04. The van der Waals surface area contributed by atoms with E-state index in [1.165, 1.54) is 0 Å². The summed E-state index contributed by atoms with van der Waals surface area (Å²) in [6.45, 7) is -11.2. The highest BCUT2D eigenvalue weighted by atomic mass is 32.3. The monoisotopic (exact) mass is 1310 g/mol. The summed E-state index contributed by atoms with van der Waals surface area (Å²) in [5.41, 5.74) is 0. The van der Waals surface area contributed by atoms with Gasteiger partial charge in [0, 0.05) is 0 Å². The Morgan fingerprint density at radius 3 is 1.23 bits per heavy atom. The van der Waals surface area contributed by atoms with Gasteiger partial charge in [0.15, 0.2) is 24.8 Å². The molecule has 0 spiro atoms. The molecular weight excluding hydrogens is 1260 g/mol. The number of ether oxygens (including phenoxy) is 6. The molecule has 0 aromatic rings. The maximum Gasteiger partial charge on any atom is 0.400 e. The predicted molar refractivity (Wildman–Crippen MR) is 217 cm³/mol. The summed E-state index contributed by atoms with van der Waals surface area (Å²) < 4.78 is 332. The van der Waals surface area contributed by atoms with Gasteiger partial charge in [0.25, 0.3) is 0 Å². The van der Waals surface area contributed by atoms with E-state index >= 15 is 0 Å². The Morgan fingerprint density at radius 2 is 0.779 bits per heavy atom. The summed E-state index contributed by atoms with van der Waals surface area (Å²) in [5.74, 6) is -7.77. The molecule has 18 atom stereocenters. The van der Waals surface area contributed by atoms with E-state index in [0.29, 0.717) is 0 Å². The maximum atomic E-state index is 13.7. The third kappa shape index (κ3) is 19.5. The lowest BCUT2D eigenvalue weighted by Gasteiger charge is -2.46. The Hall–Kier alpha value is -1.56. The van der Waals surface area contributed by atoms with Crippen molar-refractivity contribution in [3.63, 3.8) is 0 Å². The van der Waals surface area contributed by atoms with E-state index in [1.807, 2.05) is 0 Å². The Morgan fingerprint density at radius 1 is 0.377 bits per heavy atom. The van der Waals surface area contributed by atoms with E-state index in [4.69, 9.17) is 28.4 Å². The van der Waals surface area contributed by atoms with Crippen molar-refractivity contribution in [2.45, 2.75) is 110 Å². The second kappa shape index (κ2) is 24.7. The average Bonchev–Trinajstić information content (AvgIpc) is 3.64. The van der Waals surface area contributed by atoms with Gasteiger partial charge in [-0.15, -0.1) is 0 Å². The molecular formula is C24H42O45S8. The van der Waals surface area contributed by atoms with Crippen molar-refractivity contribution >= 4 is 83.2 Å². The van der Waals surface area contributed by atoms with Gasteiger partial charge in [0.1, 0.15) is 86.5 Å².